The average Bonchev–Trinajstić information content (AvgIpc) is 2.40. The highest BCUT2D eigenvalue weighted by atomic mass is 16.5. The van der Waals surface area contributed by atoms with Gasteiger partial charge in [-0.3, -0.25) is 0 Å². The van der Waals surface area contributed by atoms with Gasteiger partial charge in [0.05, 0.1) is 13.1 Å². The molecule has 112 valence electrons. The third kappa shape index (κ3) is 3.96. The zero-order valence-electron chi connectivity index (χ0n) is 11.8. The third-order valence-electron chi connectivity index (χ3n) is 3.80. The molecule has 0 aromatic carbocycles. The number of likely N-dealkylation sites (tertiary alicyclic amines) is 1. The van der Waals surface area contributed by atoms with E-state index < -0.39 is 11.6 Å². The number of aliphatic carboxylic acids is 1. The molecule has 0 radical (unpaired) electrons. The first-order valence-corrected chi connectivity index (χ1v) is 7.02. The van der Waals surface area contributed by atoms with Gasteiger partial charge in [-0.2, -0.15) is 0 Å². The number of carbonyl (C=O) groups is 2. The van der Waals surface area contributed by atoms with Gasteiger partial charge in [0.2, 0.25) is 0 Å². The Morgan fingerprint density at radius 2 is 2.20 bits per heavy atom. The Balaban J connectivity index is 1.65. The molecule has 2 amide bonds. The predicted octanol–water partition coefficient (Wildman–Crippen LogP) is 1.23. The van der Waals surface area contributed by atoms with Crippen LogP contribution in [0.2, 0.25) is 0 Å². The fraction of sp³-hybridized carbons (Fsp3) is 0.714. The van der Waals surface area contributed by atoms with E-state index in [1.165, 1.54) is 0 Å². The van der Waals surface area contributed by atoms with Gasteiger partial charge in [0.25, 0.3) is 0 Å². The fourth-order valence-corrected chi connectivity index (χ4v) is 2.62. The lowest BCUT2D eigenvalue weighted by atomic mass is 9.94. The zero-order chi connectivity index (χ0) is 14.6. The van der Waals surface area contributed by atoms with Gasteiger partial charge in [-0.15, -0.1) is 0 Å². The van der Waals surface area contributed by atoms with Gasteiger partial charge in [-0.1, -0.05) is 12.2 Å². The molecule has 1 unspecified atom stereocenters. The standard InChI is InChI=1S/C14H22N2O4/c1-14(20-8-12(17)18)9-16(10-14)13(19)15-7-11-5-3-2-4-6-11/h2-3,11H,4-10H2,1H3,(H,15,19)(H,17,18). The summed E-state index contributed by atoms with van der Waals surface area (Å²) in [5, 5.41) is 11.5. The monoisotopic (exact) mass is 282 g/mol. The molecule has 1 heterocycles. The quantitative estimate of drug-likeness (QED) is 0.743. The van der Waals surface area contributed by atoms with E-state index in [0.29, 0.717) is 25.6 Å². The van der Waals surface area contributed by atoms with E-state index in [2.05, 4.69) is 17.5 Å². The van der Waals surface area contributed by atoms with E-state index in [-0.39, 0.29) is 12.6 Å². The van der Waals surface area contributed by atoms with Crippen LogP contribution in [0.3, 0.4) is 0 Å². The summed E-state index contributed by atoms with van der Waals surface area (Å²) in [7, 11) is 0. The topological polar surface area (TPSA) is 78.9 Å². The van der Waals surface area contributed by atoms with Gasteiger partial charge in [0.1, 0.15) is 12.2 Å². The van der Waals surface area contributed by atoms with Crippen molar-refractivity contribution in [2.45, 2.75) is 31.8 Å². The number of urea groups is 1. The average molecular weight is 282 g/mol. The summed E-state index contributed by atoms with van der Waals surface area (Å²) in [5.74, 6) is -0.459. The van der Waals surface area contributed by atoms with Crippen LogP contribution in [-0.4, -0.2) is 53.8 Å². The zero-order valence-corrected chi connectivity index (χ0v) is 11.8. The van der Waals surface area contributed by atoms with Crippen molar-refractivity contribution in [3.05, 3.63) is 12.2 Å². The number of amides is 2. The van der Waals surface area contributed by atoms with Crippen molar-refractivity contribution >= 4 is 12.0 Å². The summed E-state index contributed by atoms with van der Waals surface area (Å²) in [6.07, 6.45) is 7.58. The van der Waals surface area contributed by atoms with Gasteiger partial charge < -0.3 is 20.1 Å². The molecule has 1 aliphatic heterocycles. The molecule has 0 spiro atoms. The van der Waals surface area contributed by atoms with E-state index in [9.17, 15) is 9.59 Å². The molecule has 1 aliphatic carbocycles. The summed E-state index contributed by atoms with van der Waals surface area (Å²) in [6.45, 7) is 3.09. The summed E-state index contributed by atoms with van der Waals surface area (Å²) in [6, 6.07) is -0.0871. The van der Waals surface area contributed by atoms with Crippen molar-refractivity contribution in [3.63, 3.8) is 0 Å². The Morgan fingerprint density at radius 3 is 2.80 bits per heavy atom. The molecule has 0 aromatic heterocycles. The molecule has 0 saturated carbocycles. The minimum absolute atomic E-state index is 0.0871. The Morgan fingerprint density at radius 1 is 1.45 bits per heavy atom. The van der Waals surface area contributed by atoms with Crippen LogP contribution in [-0.2, 0) is 9.53 Å². The Kier molecular flexibility index (Phi) is 4.65. The van der Waals surface area contributed by atoms with Crippen LogP contribution < -0.4 is 5.32 Å². The van der Waals surface area contributed by atoms with Crippen molar-refractivity contribution in [1.82, 2.24) is 10.2 Å². The van der Waals surface area contributed by atoms with Crippen molar-refractivity contribution < 1.29 is 19.4 Å². The molecular formula is C14H22N2O4. The summed E-state index contributed by atoms with van der Waals surface area (Å²) >= 11 is 0. The summed E-state index contributed by atoms with van der Waals surface area (Å²) in [4.78, 5) is 24.0. The lowest BCUT2D eigenvalue weighted by Gasteiger charge is -2.47. The highest BCUT2D eigenvalue weighted by Gasteiger charge is 2.42. The van der Waals surface area contributed by atoms with Crippen LogP contribution in [0.1, 0.15) is 26.2 Å². The first kappa shape index (κ1) is 14.8. The molecular weight excluding hydrogens is 260 g/mol. The van der Waals surface area contributed by atoms with Crippen molar-refractivity contribution in [3.8, 4) is 0 Å². The molecule has 20 heavy (non-hydrogen) atoms. The van der Waals surface area contributed by atoms with Crippen LogP contribution in [0.5, 0.6) is 0 Å². The Labute approximate surface area is 118 Å². The molecule has 1 saturated heterocycles. The largest absolute Gasteiger partial charge is 0.480 e. The van der Waals surface area contributed by atoms with Gasteiger partial charge in [-0.25, -0.2) is 9.59 Å². The number of carboxylic acid groups (broad SMARTS) is 1. The van der Waals surface area contributed by atoms with Crippen LogP contribution in [0, 0.1) is 5.92 Å². The number of ether oxygens (including phenoxy) is 1. The smallest absolute Gasteiger partial charge is 0.329 e. The number of allylic oxidation sites excluding steroid dienone is 2. The molecule has 0 bridgehead atoms. The molecule has 6 heteroatoms. The number of hydrogen-bond donors (Lipinski definition) is 2. The van der Waals surface area contributed by atoms with Gasteiger partial charge >= 0.3 is 12.0 Å². The molecule has 2 N–H and O–H groups in total. The lowest BCUT2D eigenvalue weighted by molar-refractivity contribution is -0.159. The molecule has 0 aromatic rings. The maximum atomic E-state index is 11.9. The number of nitrogens with zero attached hydrogens (tertiary/aromatic N) is 1. The maximum Gasteiger partial charge on any atom is 0.329 e. The molecule has 2 rings (SSSR count). The number of rotatable bonds is 5. The minimum atomic E-state index is -0.987. The maximum absolute atomic E-state index is 11.9. The SMILES string of the molecule is CC1(OCC(=O)O)CN(C(=O)NCC2CC=CCC2)C1. The second-order valence-corrected chi connectivity index (χ2v) is 5.82. The minimum Gasteiger partial charge on any atom is -0.480 e. The predicted molar refractivity (Wildman–Crippen MR) is 73.4 cm³/mol. The number of nitrogens with one attached hydrogen (secondary N) is 1. The Bertz CT molecular complexity index is 402. The van der Waals surface area contributed by atoms with Crippen molar-refractivity contribution in [1.29, 1.82) is 0 Å². The second kappa shape index (κ2) is 6.26. The van der Waals surface area contributed by atoms with Crippen molar-refractivity contribution in [2.75, 3.05) is 26.2 Å². The second-order valence-electron chi connectivity index (χ2n) is 5.82. The summed E-state index contributed by atoms with van der Waals surface area (Å²) < 4.78 is 5.27. The molecule has 2 aliphatic rings. The lowest BCUT2D eigenvalue weighted by Crippen LogP contribution is -2.65. The third-order valence-corrected chi connectivity index (χ3v) is 3.80. The summed E-state index contributed by atoms with van der Waals surface area (Å²) in [5.41, 5.74) is -0.524. The number of carboxylic acids is 1. The first-order valence-electron chi connectivity index (χ1n) is 7.02. The number of carbonyl (C=O) groups excluding carboxylic acids is 1. The highest BCUT2D eigenvalue weighted by Crippen LogP contribution is 2.24. The number of hydrogen-bond acceptors (Lipinski definition) is 3. The normalized spacial score (nSPS) is 24.1. The fourth-order valence-electron chi connectivity index (χ4n) is 2.62. The van der Waals surface area contributed by atoms with E-state index in [0.717, 1.165) is 19.3 Å². The van der Waals surface area contributed by atoms with E-state index in [1.807, 2.05) is 6.92 Å². The van der Waals surface area contributed by atoms with E-state index in [4.69, 9.17) is 9.84 Å². The van der Waals surface area contributed by atoms with Crippen LogP contribution >= 0.6 is 0 Å². The van der Waals surface area contributed by atoms with E-state index in [1.54, 1.807) is 4.90 Å². The van der Waals surface area contributed by atoms with Gasteiger partial charge in [0, 0.05) is 6.54 Å². The van der Waals surface area contributed by atoms with Crippen LogP contribution in [0.15, 0.2) is 12.2 Å². The first-order chi connectivity index (χ1) is 9.48. The highest BCUT2D eigenvalue weighted by molar-refractivity contribution is 5.75. The van der Waals surface area contributed by atoms with Crippen LogP contribution in [0.25, 0.3) is 0 Å². The van der Waals surface area contributed by atoms with E-state index >= 15 is 0 Å². The van der Waals surface area contributed by atoms with Crippen molar-refractivity contribution in [2.24, 2.45) is 5.92 Å². The molecule has 1 atom stereocenters. The Hall–Kier alpha value is -1.56. The van der Waals surface area contributed by atoms with Gasteiger partial charge in [0.15, 0.2) is 0 Å². The molecule has 1 fully saturated rings. The molecule has 6 nitrogen and oxygen atoms in total. The van der Waals surface area contributed by atoms with Gasteiger partial charge in [-0.05, 0) is 32.1 Å². The van der Waals surface area contributed by atoms with Crippen LogP contribution in [0.4, 0.5) is 4.79 Å².